The monoisotopic (exact) mass is 516 g/mol. The Morgan fingerprint density at radius 1 is 1.11 bits per heavy atom. The average molecular weight is 516 g/mol. The number of hydrogen-bond donors (Lipinski definition) is 2. The van der Waals surface area contributed by atoms with Crippen molar-refractivity contribution in [2.75, 3.05) is 26.4 Å². The lowest BCUT2D eigenvalue weighted by molar-refractivity contribution is -0.140. The molecule has 0 radical (unpaired) electrons. The first-order valence-corrected chi connectivity index (χ1v) is 12.7. The topological polar surface area (TPSA) is 97.3 Å². The summed E-state index contributed by atoms with van der Waals surface area (Å²) in [7, 11) is -4.19. The highest BCUT2D eigenvalue weighted by atomic mass is 31.2. The molecule has 2 atom stereocenters. The first kappa shape index (κ1) is 27.2. The van der Waals surface area contributed by atoms with Crippen LogP contribution in [0.2, 0.25) is 0 Å². The van der Waals surface area contributed by atoms with E-state index < -0.39 is 38.7 Å². The van der Waals surface area contributed by atoms with Gasteiger partial charge in [-0.05, 0) is 48.7 Å². The summed E-state index contributed by atoms with van der Waals surface area (Å²) >= 11 is 0. The van der Waals surface area contributed by atoms with Gasteiger partial charge in [0.1, 0.15) is 18.4 Å². The van der Waals surface area contributed by atoms with Gasteiger partial charge in [0.05, 0.1) is 24.9 Å². The van der Waals surface area contributed by atoms with E-state index >= 15 is 0 Å². The molecule has 8 nitrogen and oxygen atoms in total. The van der Waals surface area contributed by atoms with Gasteiger partial charge in [0.15, 0.2) is 0 Å². The molecule has 12 heteroatoms. The maximum Gasteiger partial charge on any atom is 0.391 e. The molecule has 2 aromatic carbocycles. The van der Waals surface area contributed by atoms with E-state index in [4.69, 9.17) is 14.0 Å². The maximum atomic E-state index is 14.3. The Labute approximate surface area is 201 Å². The number of ether oxygens (including phenoxy) is 2. The van der Waals surface area contributed by atoms with Crippen LogP contribution in [-0.2, 0) is 31.6 Å². The molecule has 2 aromatic rings. The molecule has 0 aromatic heterocycles. The van der Waals surface area contributed by atoms with E-state index in [2.05, 4.69) is 0 Å². The number of nitrogens with one attached hydrogen (secondary N) is 1. The number of nitrogens with zero attached hydrogens (tertiary/aromatic N) is 1. The Bertz CT molecular complexity index is 1030. The van der Waals surface area contributed by atoms with E-state index in [-0.39, 0.29) is 24.9 Å². The van der Waals surface area contributed by atoms with Gasteiger partial charge in [0.25, 0.3) is 5.91 Å². The largest absolute Gasteiger partial charge is 0.491 e. The van der Waals surface area contributed by atoms with Crippen molar-refractivity contribution in [2.45, 2.75) is 38.5 Å². The van der Waals surface area contributed by atoms with Gasteiger partial charge >= 0.3 is 13.7 Å². The van der Waals surface area contributed by atoms with E-state index in [1.165, 1.54) is 28.9 Å². The summed E-state index contributed by atoms with van der Waals surface area (Å²) in [6.45, 7) is 2.18. The molecule has 0 spiro atoms. The summed E-state index contributed by atoms with van der Waals surface area (Å²) in [5.41, 5.74) is 3.13. The van der Waals surface area contributed by atoms with Crippen LogP contribution < -0.4 is 15.5 Å². The van der Waals surface area contributed by atoms with Gasteiger partial charge in [-0.1, -0.05) is 24.3 Å². The second-order valence-electron chi connectivity index (χ2n) is 7.82. The summed E-state index contributed by atoms with van der Waals surface area (Å²) in [5.74, 6) is -0.390. The predicted molar refractivity (Wildman–Crippen MR) is 122 cm³/mol. The molecule has 1 aliphatic heterocycles. The zero-order chi connectivity index (χ0) is 25.5. The minimum Gasteiger partial charge on any atom is -0.491 e. The highest BCUT2D eigenvalue weighted by Crippen LogP contribution is 2.54. The third-order valence-electron chi connectivity index (χ3n) is 5.49. The molecule has 0 saturated heterocycles. The summed E-state index contributed by atoms with van der Waals surface area (Å²) in [4.78, 5) is 12.5. The molecule has 3 rings (SSSR count). The fourth-order valence-electron chi connectivity index (χ4n) is 3.76. The van der Waals surface area contributed by atoms with Crippen molar-refractivity contribution in [3.8, 4) is 5.75 Å². The van der Waals surface area contributed by atoms with E-state index in [1.807, 2.05) is 6.92 Å². The van der Waals surface area contributed by atoms with Gasteiger partial charge in [0, 0.05) is 13.2 Å². The summed E-state index contributed by atoms with van der Waals surface area (Å²) in [5, 5.41) is 9.40. The Morgan fingerprint density at radius 3 is 2.43 bits per heavy atom. The highest BCUT2D eigenvalue weighted by molar-refractivity contribution is 7.64. The van der Waals surface area contributed by atoms with Crippen LogP contribution in [0.25, 0.3) is 0 Å². The lowest BCUT2D eigenvalue weighted by atomic mass is 9.95. The van der Waals surface area contributed by atoms with Crippen molar-refractivity contribution in [3.63, 3.8) is 0 Å². The van der Waals surface area contributed by atoms with Crippen LogP contribution in [0.3, 0.4) is 0 Å². The first-order chi connectivity index (χ1) is 16.7. The molecule has 35 heavy (non-hydrogen) atoms. The van der Waals surface area contributed by atoms with E-state index in [0.717, 1.165) is 11.1 Å². The molecule has 0 saturated carbocycles. The smallest absolute Gasteiger partial charge is 0.391 e. The molecule has 0 bridgehead atoms. The number of halogens is 3. The molecule has 192 valence electrons. The minimum atomic E-state index is -4.51. The first-order valence-electron chi connectivity index (χ1n) is 11.1. The predicted octanol–water partition coefficient (Wildman–Crippen LogP) is 3.82. The summed E-state index contributed by atoms with van der Waals surface area (Å²) in [6.07, 6.45) is -5.73. The number of fused-ring (bicyclic) bond motifs is 1. The van der Waals surface area contributed by atoms with Gasteiger partial charge in [0.2, 0.25) is 0 Å². The van der Waals surface area contributed by atoms with Crippen LogP contribution >= 0.6 is 7.52 Å². The standard InChI is InChI=1S/C23H28F3N2O6P/c1-2-32-13-14-33-19-7-9-20(10-8-19)35(31,34-12-11-23(24,25)26)28-16-18-6-4-3-5-17(18)15-21(28)22(29)27-30/h3-10,21,30H,2,11-16H2,1H3,(H,27,29)/t21-,35+/m1/s1. The van der Waals surface area contributed by atoms with Crippen molar-refractivity contribution >= 4 is 18.7 Å². The number of hydrogen-bond acceptors (Lipinski definition) is 6. The van der Waals surface area contributed by atoms with Crippen molar-refractivity contribution < 1.29 is 41.7 Å². The van der Waals surface area contributed by atoms with Gasteiger partial charge < -0.3 is 14.0 Å². The minimum absolute atomic E-state index is 0.0236. The average Bonchev–Trinajstić information content (AvgIpc) is 2.84. The second kappa shape index (κ2) is 12.0. The molecule has 0 fully saturated rings. The zero-order valence-corrected chi connectivity index (χ0v) is 20.1. The Morgan fingerprint density at radius 2 is 1.80 bits per heavy atom. The number of carbonyl (C=O) groups is 1. The Hall–Kier alpha value is -2.43. The van der Waals surface area contributed by atoms with Crippen LogP contribution in [-0.4, -0.2) is 54.4 Å². The van der Waals surface area contributed by atoms with Crippen molar-refractivity contribution in [3.05, 3.63) is 59.7 Å². The van der Waals surface area contributed by atoms with Gasteiger partial charge in [-0.25, -0.2) is 10.2 Å². The fraction of sp³-hybridized carbons (Fsp3) is 0.435. The second-order valence-corrected chi connectivity index (χ2v) is 10.1. The van der Waals surface area contributed by atoms with Crippen LogP contribution in [0.1, 0.15) is 24.5 Å². The molecule has 0 unspecified atom stereocenters. The van der Waals surface area contributed by atoms with Gasteiger partial charge in [-0.2, -0.15) is 13.2 Å². The van der Waals surface area contributed by atoms with Crippen LogP contribution in [0.5, 0.6) is 5.75 Å². The number of benzene rings is 2. The number of hydroxylamine groups is 1. The lowest BCUT2D eigenvalue weighted by Gasteiger charge is -2.39. The molecular weight excluding hydrogens is 488 g/mol. The number of amides is 1. The van der Waals surface area contributed by atoms with Crippen molar-refractivity contribution in [1.29, 1.82) is 0 Å². The zero-order valence-electron chi connectivity index (χ0n) is 19.2. The number of carbonyl (C=O) groups excluding carboxylic acids is 1. The third kappa shape index (κ3) is 7.05. The summed E-state index contributed by atoms with van der Waals surface area (Å²) in [6, 6.07) is 11.9. The summed E-state index contributed by atoms with van der Waals surface area (Å²) < 4.78 is 70.3. The van der Waals surface area contributed by atoms with E-state index in [1.54, 1.807) is 29.7 Å². The van der Waals surface area contributed by atoms with Crippen LogP contribution in [0.15, 0.2) is 48.5 Å². The van der Waals surface area contributed by atoms with Crippen molar-refractivity contribution in [2.24, 2.45) is 0 Å². The third-order valence-corrected chi connectivity index (χ3v) is 8.07. The van der Waals surface area contributed by atoms with Crippen LogP contribution in [0, 0.1) is 0 Å². The molecule has 1 heterocycles. The lowest BCUT2D eigenvalue weighted by Crippen LogP contribution is -2.49. The number of rotatable bonds is 11. The molecule has 2 N–H and O–H groups in total. The molecule has 0 aliphatic carbocycles. The SMILES string of the molecule is CCOCCOc1ccc([P@](=O)(OCCC(F)(F)F)N2Cc3ccccc3C[C@@H]2C(=O)NO)cc1. The Balaban J connectivity index is 1.94. The van der Waals surface area contributed by atoms with Gasteiger partial charge in [-0.3, -0.25) is 14.6 Å². The van der Waals surface area contributed by atoms with Gasteiger partial charge in [-0.15, -0.1) is 0 Å². The molecule has 1 amide bonds. The molecular formula is C23H28F3N2O6P. The van der Waals surface area contributed by atoms with E-state index in [0.29, 0.717) is 19.0 Å². The van der Waals surface area contributed by atoms with E-state index in [9.17, 15) is 27.7 Å². The quantitative estimate of drug-likeness (QED) is 0.203. The molecule has 1 aliphatic rings. The maximum absolute atomic E-state index is 14.3. The normalized spacial score (nSPS) is 17.9. The van der Waals surface area contributed by atoms with Crippen LogP contribution in [0.4, 0.5) is 13.2 Å². The fourth-order valence-corrected chi connectivity index (χ4v) is 6.11. The highest BCUT2D eigenvalue weighted by Gasteiger charge is 2.45. The Kier molecular flexibility index (Phi) is 9.32. The van der Waals surface area contributed by atoms with Crippen molar-refractivity contribution in [1.82, 2.24) is 10.2 Å². The number of alkyl halides is 3.